The normalized spacial score (nSPS) is 22.2. The standard InChI is InChI=1S/C26H22ClFN4O2S/c1-14-23(30-25(33)15-2-3-15)24(21-10-11-22(27)35-21)31(26(14)34)19-8-9-20-16(12-19)13-29-32(20)18-6-4-17(28)5-7-18/h4-15,23-24H,2-3H2,1H3,(H,30,33)/t14-,23+,24?/m1/s1. The predicted molar refractivity (Wildman–Crippen MR) is 134 cm³/mol. The number of thiophene rings is 1. The number of rotatable bonds is 5. The molecule has 1 unspecified atom stereocenters. The first-order valence-corrected chi connectivity index (χ1v) is 12.7. The van der Waals surface area contributed by atoms with Gasteiger partial charge in [-0.3, -0.25) is 9.59 Å². The SMILES string of the molecule is C[C@H]1C(=O)N(c2ccc3c(cnn3-c3ccc(F)cc3)c2)C(c2ccc(Cl)s2)[C@H]1NC(=O)C1CC1. The van der Waals surface area contributed by atoms with Gasteiger partial charge in [0.15, 0.2) is 0 Å². The second-order valence-electron chi connectivity index (χ2n) is 9.17. The van der Waals surface area contributed by atoms with Gasteiger partial charge in [-0.2, -0.15) is 5.10 Å². The highest BCUT2D eigenvalue weighted by atomic mass is 35.5. The van der Waals surface area contributed by atoms with Crippen LogP contribution < -0.4 is 10.2 Å². The molecule has 178 valence electrons. The number of aromatic nitrogens is 2. The van der Waals surface area contributed by atoms with E-state index < -0.39 is 0 Å². The Kier molecular flexibility index (Phi) is 5.38. The first-order valence-electron chi connectivity index (χ1n) is 11.5. The number of hydrogen-bond donors (Lipinski definition) is 1. The Hall–Kier alpha value is -3.23. The van der Waals surface area contributed by atoms with E-state index in [9.17, 15) is 14.0 Å². The minimum absolute atomic E-state index is 0.0141. The van der Waals surface area contributed by atoms with Crippen molar-refractivity contribution >= 4 is 51.3 Å². The second kappa shape index (κ2) is 8.46. The molecule has 0 spiro atoms. The van der Waals surface area contributed by atoms with Gasteiger partial charge in [-0.15, -0.1) is 11.3 Å². The van der Waals surface area contributed by atoms with Crippen molar-refractivity contribution < 1.29 is 14.0 Å². The van der Waals surface area contributed by atoms with Crippen LogP contribution in [0.1, 0.15) is 30.7 Å². The molecule has 2 fully saturated rings. The van der Waals surface area contributed by atoms with Crippen LogP contribution in [0.2, 0.25) is 4.34 Å². The van der Waals surface area contributed by atoms with E-state index >= 15 is 0 Å². The van der Waals surface area contributed by atoms with Crippen molar-refractivity contribution in [2.45, 2.75) is 31.8 Å². The van der Waals surface area contributed by atoms with Crippen LogP contribution >= 0.6 is 22.9 Å². The lowest BCUT2D eigenvalue weighted by molar-refractivity contribution is -0.123. The van der Waals surface area contributed by atoms with Crippen LogP contribution in [0.15, 0.2) is 60.8 Å². The van der Waals surface area contributed by atoms with Crippen molar-refractivity contribution in [3.05, 3.63) is 75.8 Å². The highest BCUT2D eigenvalue weighted by Gasteiger charge is 2.49. The molecule has 1 aliphatic heterocycles. The highest BCUT2D eigenvalue weighted by molar-refractivity contribution is 7.16. The third kappa shape index (κ3) is 3.90. The largest absolute Gasteiger partial charge is 0.350 e. The molecular weight excluding hydrogens is 487 g/mol. The fraction of sp³-hybridized carbons (Fsp3) is 0.269. The fourth-order valence-corrected chi connectivity index (χ4v) is 6.01. The molecule has 35 heavy (non-hydrogen) atoms. The molecule has 1 aliphatic carbocycles. The van der Waals surface area contributed by atoms with Gasteiger partial charge in [0.05, 0.1) is 39.7 Å². The van der Waals surface area contributed by atoms with Crippen molar-refractivity contribution in [2.75, 3.05) is 4.90 Å². The van der Waals surface area contributed by atoms with Gasteiger partial charge in [-0.25, -0.2) is 9.07 Å². The van der Waals surface area contributed by atoms with Gasteiger partial charge in [-0.1, -0.05) is 18.5 Å². The summed E-state index contributed by atoms with van der Waals surface area (Å²) in [7, 11) is 0. The molecule has 1 N–H and O–H groups in total. The maximum atomic E-state index is 13.6. The van der Waals surface area contributed by atoms with Crippen LogP contribution in [0.5, 0.6) is 0 Å². The zero-order chi connectivity index (χ0) is 24.3. The van der Waals surface area contributed by atoms with E-state index in [2.05, 4.69) is 10.4 Å². The molecule has 2 aromatic heterocycles. The first-order chi connectivity index (χ1) is 16.9. The molecule has 1 saturated heterocycles. The van der Waals surface area contributed by atoms with Crippen LogP contribution in [0.25, 0.3) is 16.6 Å². The molecule has 0 radical (unpaired) electrons. The number of nitrogens with zero attached hydrogens (tertiary/aromatic N) is 3. The van der Waals surface area contributed by atoms with Crippen molar-refractivity contribution in [1.29, 1.82) is 0 Å². The smallest absolute Gasteiger partial charge is 0.232 e. The van der Waals surface area contributed by atoms with Gasteiger partial charge in [0.25, 0.3) is 0 Å². The molecule has 3 atom stereocenters. The molecule has 3 heterocycles. The number of carbonyl (C=O) groups excluding carboxylic acids is 2. The molecule has 9 heteroatoms. The molecule has 2 aliphatic rings. The topological polar surface area (TPSA) is 67.2 Å². The number of carbonyl (C=O) groups is 2. The molecule has 0 bridgehead atoms. The molecular formula is C26H22ClFN4O2S. The Labute approximate surface area is 210 Å². The second-order valence-corrected chi connectivity index (χ2v) is 10.9. The van der Waals surface area contributed by atoms with Crippen molar-refractivity contribution in [1.82, 2.24) is 15.1 Å². The summed E-state index contributed by atoms with van der Waals surface area (Å²) in [5, 5.41) is 8.49. The quantitative estimate of drug-likeness (QED) is 0.387. The number of benzene rings is 2. The summed E-state index contributed by atoms with van der Waals surface area (Å²) in [5.41, 5.74) is 2.31. The lowest BCUT2D eigenvalue weighted by Gasteiger charge is -2.28. The van der Waals surface area contributed by atoms with E-state index in [0.717, 1.165) is 40.0 Å². The summed E-state index contributed by atoms with van der Waals surface area (Å²) in [4.78, 5) is 28.9. The Morgan fingerprint density at radius 2 is 1.86 bits per heavy atom. The predicted octanol–water partition coefficient (Wildman–Crippen LogP) is 5.50. The van der Waals surface area contributed by atoms with E-state index in [4.69, 9.17) is 11.6 Å². The summed E-state index contributed by atoms with van der Waals surface area (Å²) >= 11 is 7.68. The van der Waals surface area contributed by atoms with Gasteiger partial charge in [-0.05, 0) is 67.4 Å². The highest BCUT2D eigenvalue weighted by Crippen LogP contribution is 2.44. The molecule has 1 saturated carbocycles. The zero-order valence-corrected chi connectivity index (χ0v) is 20.4. The summed E-state index contributed by atoms with van der Waals surface area (Å²) in [6, 6.07) is 14.9. The van der Waals surface area contributed by atoms with E-state index in [1.54, 1.807) is 27.9 Å². The molecule has 6 nitrogen and oxygen atoms in total. The molecule has 2 aromatic carbocycles. The first kappa shape index (κ1) is 22.2. The summed E-state index contributed by atoms with van der Waals surface area (Å²) in [5.74, 6) is -0.683. The maximum Gasteiger partial charge on any atom is 0.232 e. The Balaban J connectivity index is 1.40. The average Bonchev–Trinajstić information content (AvgIpc) is 3.42. The number of amides is 2. The van der Waals surface area contributed by atoms with Gasteiger partial charge in [0, 0.05) is 21.9 Å². The Morgan fingerprint density at radius 3 is 2.54 bits per heavy atom. The third-order valence-corrected chi connectivity index (χ3v) is 8.13. The minimum Gasteiger partial charge on any atom is -0.350 e. The van der Waals surface area contributed by atoms with Crippen molar-refractivity contribution in [3.8, 4) is 5.69 Å². The van der Waals surface area contributed by atoms with Gasteiger partial charge in [0.2, 0.25) is 11.8 Å². The third-order valence-electron chi connectivity index (χ3n) is 6.83. The number of hydrogen-bond acceptors (Lipinski definition) is 4. The monoisotopic (exact) mass is 508 g/mol. The molecule has 6 rings (SSSR count). The van der Waals surface area contributed by atoms with Crippen LogP contribution in [-0.2, 0) is 9.59 Å². The zero-order valence-electron chi connectivity index (χ0n) is 18.8. The molecule has 4 aromatic rings. The summed E-state index contributed by atoms with van der Waals surface area (Å²) in [6.45, 7) is 1.87. The summed E-state index contributed by atoms with van der Waals surface area (Å²) in [6.07, 6.45) is 3.53. The summed E-state index contributed by atoms with van der Waals surface area (Å²) < 4.78 is 15.7. The lowest BCUT2D eigenvalue weighted by Crippen LogP contribution is -2.42. The van der Waals surface area contributed by atoms with Crippen LogP contribution in [-0.4, -0.2) is 27.6 Å². The van der Waals surface area contributed by atoms with E-state index in [1.165, 1.54) is 23.5 Å². The average molecular weight is 509 g/mol. The van der Waals surface area contributed by atoms with Gasteiger partial charge >= 0.3 is 0 Å². The Bertz CT molecular complexity index is 1450. The number of anilines is 1. The fourth-order valence-electron chi connectivity index (χ4n) is 4.81. The van der Waals surface area contributed by atoms with Crippen molar-refractivity contribution in [2.24, 2.45) is 11.8 Å². The van der Waals surface area contributed by atoms with Gasteiger partial charge in [0.1, 0.15) is 5.82 Å². The number of halogens is 2. The van der Waals surface area contributed by atoms with Crippen LogP contribution in [0, 0.1) is 17.7 Å². The van der Waals surface area contributed by atoms with Crippen LogP contribution in [0.4, 0.5) is 10.1 Å². The lowest BCUT2D eigenvalue weighted by atomic mass is 9.98. The Morgan fingerprint density at radius 1 is 1.11 bits per heavy atom. The van der Waals surface area contributed by atoms with Crippen LogP contribution in [0.3, 0.4) is 0 Å². The van der Waals surface area contributed by atoms with E-state index in [0.29, 0.717) is 4.34 Å². The number of nitrogens with one attached hydrogen (secondary N) is 1. The van der Waals surface area contributed by atoms with E-state index in [-0.39, 0.29) is 41.6 Å². The van der Waals surface area contributed by atoms with Crippen molar-refractivity contribution in [3.63, 3.8) is 0 Å². The van der Waals surface area contributed by atoms with Gasteiger partial charge < -0.3 is 10.2 Å². The number of fused-ring (bicyclic) bond motifs is 1. The van der Waals surface area contributed by atoms with E-state index in [1.807, 2.05) is 37.3 Å². The minimum atomic E-state index is -0.388. The maximum absolute atomic E-state index is 13.6. The molecule has 2 amide bonds.